The Kier molecular flexibility index (Phi) is 4.99. The van der Waals surface area contributed by atoms with Crippen molar-refractivity contribution in [1.82, 2.24) is 14.4 Å². The van der Waals surface area contributed by atoms with Crippen molar-refractivity contribution in [2.75, 3.05) is 33.7 Å². The lowest BCUT2D eigenvalue weighted by atomic mass is 10.0. The molecular weight excluding hydrogens is 334 g/mol. The van der Waals surface area contributed by atoms with Gasteiger partial charge >= 0.3 is 0 Å². The smallest absolute Gasteiger partial charge is 0.270 e. The number of para-hydroxylation sites is 1. The van der Waals surface area contributed by atoms with Gasteiger partial charge in [-0.05, 0) is 50.7 Å². The normalized spacial score (nSPS) is 14.2. The van der Waals surface area contributed by atoms with Gasteiger partial charge in [0.15, 0.2) is 0 Å². The van der Waals surface area contributed by atoms with Crippen molar-refractivity contribution < 1.29 is 4.79 Å². The van der Waals surface area contributed by atoms with Crippen molar-refractivity contribution in [2.24, 2.45) is 0 Å². The molecule has 0 N–H and O–H groups in total. The number of fused-ring (bicyclic) bond motifs is 3. The second-order valence-electron chi connectivity index (χ2n) is 7.62. The van der Waals surface area contributed by atoms with Gasteiger partial charge in [-0.15, -0.1) is 0 Å². The van der Waals surface area contributed by atoms with E-state index in [1.165, 1.54) is 16.5 Å². The van der Waals surface area contributed by atoms with Gasteiger partial charge in [0.2, 0.25) is 0 Å². The van der Waals surface area contributed by atoms with E-state index in [4.69, 9.17) is 0 Å². The third-order valence-corrected chi connectivity index (χ3v) is 5.41. The third-order valence-electron chi connectivity index (χ3n) is 5.41. The fraction of sp³-hybridized carbons (Fsp3) is 0.348. The predicted octanol–water partition coefficient (Wildman–Crippen LogP) is 3.64. The van der Waals surface area contributed by atoms with E-state index in [-0.39, 0.29) is 5.91 Å². The van der Waals surface area contributed by atoms with Crippen molar-refractivity contribution in [3.05, 3.63) is 71.4 Å². The first-order valence-corrected chi connectivity index (χ1v) is 9.73. The van der Waals surface area contributed by atoms with Crippen molar-refractivity contribution in [3.63, 3.8) is 0 Å². The number of carbonyl (C=O) groups excluding carboxylic acids is 1. The number of carbonyl (C=O) groups is 1. The van der Waals surface area contributed by atoms with Crippen LogP contribution in [0.1, 0.15) is 28.0 Å². The summed E-state index contributed by atoms with van der Waals surface area (Å²) < 4.78 is 2.22. The molecule has 1 amide bonds. The topological polar surface area (TPSA) is 28.5 Å². The molecule has 3 aromatic rings. The molecule has 0 atom stereocenters. The number of hydrogen-bond donors (Lipinski definition) is 0. The highest BCUT2D eigenvalue weighted by molar-refractivity contribution is 6.03. The SMILES string of the molecule is CN(C)CCCN1CCc2c(n(Cc3ccccc3)c3ccccc23)C1=O. The Morgan fingerprint density at radius 2 is 1.74 bits per heavy atom. The number of rotatable bonds is 6. The highest BCUT2D eigenvalue weighted by atomic mass is 16.2. The highest BCUT2D eigenvalue weighted by Gasteiger charge is 2.30. The number of hydrogen-bond acceptors (Lipinski definition) is 2. The van der Waals surface area contributed by atoms with E-state index in [9.17, 15) is 4.79 Å². The molecular formula is C23H27N3O. The minimum absolute atomic E-state index is 0.183. The molecule has 140 valence electrons. The minimum atomic E-state index is 0.183. The first kappa shape index (κ1) is 17.8. The van der Waals surface area contributed by atoms with Gasteiger partial charge in [-0.3, -0.25) is 4.79 Å². The maximum absolute atomic E-state index is 13.4. The number of amides is 1. The van der Waals surface area contributed by atoms with E-state index in [1.807, 2.05) is 11.0 Å². The molecule has 0 saturated heterocycles. The van der Waals surface area contributed by atoms with E-state index in [2.05, 4.69) is 72.1 Å². The molecule has 4 heteroatoms. The maximum atomic E-state index is 13.4. The second-order valence-corrected chi connectivity index (χ2v) is 7.62. The molecule has 0 bridgehead atoms. The summed E-state index contributed by atoms with van der Waals surface area (Å²) >= 11 is 0. The fourth-order valence-corrected chi connectivity index (χ4v) is 4.09. The summed E-state index contributed by atoms with van der Waals surface area (Å²) in [5.74, 6) is 0.183. The maximum Gasteiger partial charge on any atom is 0.270 e. The Bertz CT molecular complexity index is 943. The van der Waals surface area contributed by atoms with Crippen LogP contribution < -0.4 is 0 Å². The van der Waals surface area contributed by atoms with Crippen LogP contribution in [0.3, 0.4) is 0 Å². The van der Waals surface area contributed by atoms with Crippen LogP contribution in [0, 0.1) is 0 Å². The van der Waals surface area contributed by atoms with Crippen LogP contribution in [0.4, 0.5) is 0 Å². The molecule has 1 aliphatic heterocycles. The molecule has 0 radical (unpaired) electrons. The first-order chi connectivity index (χ1) is 13.1. The number of nitrogens with zero attached hydrogens (tertiary/aromatic N) is 3. The molecule has 4 nitrogen and oxygen atoms in total. The summed E-state index contributed by atoms with van der Waals surface area (Å²) in [7, 11) is 4.15. The summed E-state index contributed by atoms with van der Waals surface area (Å²) in [5.41, 5.74) is 4.49. The van der Waals surface area contributed by atoms with Gasteiger partial charge in [0.25, 0.3) is 5.91 Å². The van der Waals surface area contributed by atoms with Crippen molar-refractivity contribution in [2.45, 2.75) is 19.4 Å². The van der Waals surface area contributed by atoms with Crippen LogP contribution in [0.2, 0.25) is 0 Å². The van der Waals surface area contributed by atoms with E-state index in [0.717, 1.165) is 50.2 Å². The lowest BCUT2D eigenvalue weighted by Crippen LogP contribution is -2.40. The standard InChI is InChI=1S/C23H27N3O/c1-24(2)14-8-15-25-16-13-20-19-11-6-7-12-21(19)26(22(20)23(25)27)17-18-9-4-3-5-10-18/h3-7,9-12H,8,13-17H2,1-2H3. The zero-order valence-corrected chi connectivity index (χ0v) is 16.2. The molecule has 0 fully saturated rings. The highest BCUT2D eigenvalue weighted by Crippen LogP contribution is 2.31. The van der Waals surface area contributed by atoms with Gasteiger partial charge in [0, 0.05) is 30.5 Å². The summed E-state index contributed by atoms with van der Waals surface area (Å²) in [4.78, 5) is 17.6. The predicted molar refractivity (Wildman–Crippen MR) is 110 cm³/mol. The van der Waals surface area contributed by atoms with Crippen LogP contribution in [-0.4, -0.2) is 54.0 Å². The van der Waals surface area contributed by atoms with E-state index in [0.29, 0.717) is 0 Å². The van der Waals surface area contributed by atoms with Crippen LogP contribution in [0.25, 0.3) is 10.9 Å². The van der Waals surface area contributed by atoms with E-state index in [1.54, 1.807) is 0 Å². The molecule has 0 spiro atoms. The van der Waals surface area contributed by atoms with Gasteiger partial charge in [0.1, 0.15) is 5.69 Å². The van der Waals surface area contributed by atoms with Crippen LogP contribution >= 0.6 is 0 Å². The first-order valence-electron chi connectivity index (χ1n) is 9.73. The Labute approximate surface area is 161 Å². The lowest BCUT2D eigenvalue weighted by molar-refractivity contribution is 0.0724. The molecule has 27 heavy (non-hydrogen) atoms. The van der Waals surface area contributed by atoms with Crippen LogP contribution in [-0.2, 0) is 13.0 Å². The zero-order chi connectivity index (χ0) is 18.8. The van der Waals surface area contributed by atoms with Gasteiger partial charge < -0.3 is 14.4 Å². The van der Waals surface area contributed by atoms with Crippen LogP contribution in [0.15, 0.2) is 54.6 Å². The molecule has 4 rings (SSSR count). The molecule has 0 aliphatic carbocycles. The molecule has 1 aliphatic rings. The van der Waals surface area contributed by atoms with Gasteiger partial charge in [-0.2, -0.15) is 0 Å². The van der Waals surface area contributed by atoms with Crippen LogP contribution in [0.5, 0.6) is 0 Å². The van der Waals surface area contributed by atoms with E-state index >= 15 is 0 Å². The zero-order valence-electron chi connectivity index (χ0n) is 16.2. The minimum Gasteiger partial charge on any atom is -0.337 e. The Morgan fingerprint density at radius 1 is 1.00 bits per heavy atom. The van der Waals surface area contributed by atoms with E-state index < -0.39 is 0 Å². The summed E-state index contributed by atoms with van der Waals surface area (Å²) in [6.45, 7) is 3.37. The van der Waals surface area contributed by atoms with Gasteiger partial charge in [-0.25, -0.2) is 0 Å². The van der Waals surface area contributed by atoms with Crippen molar-refractivity contribution in [1.29, 1.82) is 0 Å². The Hall–Kier alpha value is -2.59. The lowest BCUT2D eigenvalue weighted by Gasteiger charge is -2.28. The van der Waals surface area contributed by atoms with Crippen molar-refractivity contribution >= 4 is 16.8 Å². The summed E-state index contributed by atoms with van der Waals surface area (Å²) in [5, 5.41) is 1.23. The Morgan fingerprint density at radius 3 is 2.52 bits per heavy atom. The quantitative estimate of drug-likeness (QED) is 0.671. The molecule has 2 aromatic carbocycles. The average Bonchev–Trinajstić information content (AvgIpc) is 2.99. The van der Waals surface area contributed by atoms with Crippen molar-refractivity contribution in [3.8, 4) is 0 Å². The fourth-order valence-electron chi connectivity index (χ4n) is 4.09. The molecule has 2 heterocycles. The molecule has 0 unspecified atom stereocenters. The third kappa shape index (κ3) is 3.50. The molecule has 1 aromatic heterocycles. The number of aromatic nitrogens is 1. The van der Waals surface area contributed by atoms with Gasteiger partial charge in [-0.1, -0.05) is 48.5 Å². The monoisotopic (exact) mass is 361 g/mol. The summed E-state index contributed by atoms with van der Waals surface area (Å²) in [6, 6.07) is 18.8. The average molecular weight is 361 g/mol. The number of benzene rings is 2. The largest absolute Gasteiger partial charge is 0.337 e. The second kappa shape index (κ2) is 7.57. The molecule has 0 saturated carbocycles. The van der Waals surface area contributed by atoms with Gasteiger partial charge in [0.05, 0.1) is 0 Å². The summed E-state index contributed by atoms with van der Waals surface area (Å²) in [6.07, 6.45) is 1.94. The Balaban J connectivity index is 1.71.